The normalized spacial score (nSPS) is 22.3. The molecule has 2 heteroatoms. The van der Waals surface area contributed by atoms with Gasteiger partial charge in [0.05, 0.1) is 0 Å². The van der Waals surface area contributed by atoms with Gasteiger partial charge in [-0.1, -0.05) is 23.8 Å². The molecule has 0 unspecified atom stereocenters. The van der Waals surface area contributed by atoms with Crippen LogP contribution in [0, 0.1) is 0 Å². The Morgan fingerprint density at radius 1 is 1.29 bits per heavy atom. The van der Waals surface area contributed by atoms with Crippen LogP contribution in [0.15, 0.2) is 23.8 Å². The van der Waals surface area contributed by atoms with Crippen molar-refractivity contribution in [1.29, 1.82) is 0 Å². The third kappa shape index (κ3) is 5.20. The van der Waals surface area contributed by atoms with Crippen molar-refractivity contribution in [3.63, 3.8) is 0 Å². The minimum absolute atomic E-state index is 1.16. The Balaban J connectivity index is 0.000000140. The second-order valence-corrected chi connectivity index (χ2v) is 4.03. The number of piperazine rings is 1. The van der Waals surface area contributed by atoms with Gasteiger partial charge < -0.3 is 10.2 Å². The van der Waals surface area contributed by atoms with Gasteiger partial charge in [0.1, 0.15) is 0 Å². The third-order valence-electron chi connectivity index (χ3n) is 2.56. The standard InChI is InChI=1S/C7H10.C5H12N2/c1-7-5-3-2-4-6-7;1-7-4-2-6-3-5-7/h2-3,5H,4,6H2,1H3;6H,2-5H2,1H3. The highest BCUT2D eigenvalue weighted by Gasteiger charge is 2.01. The van der Waals surface area contributed by atoms with Crippen LogP contribution in [0.5, 0.6) is 0 Å². The number of nitrogens with one attached hydrogen (secondary N) is 1. The maximum absolute atomic E-state index is 3.27. The zero-order chi connectivity index (χ0) is 10.2. The molecule has 2 rings (SSSR count). The van der Waals surface area contributed by atoms with Gasteiger partial charge in [-0.05, 0) is 26.8 Å². The molecule has 1 aliphatic carbocycles. The number of likely N-dealkylation sites (N-methyl/N-ethyl adjacent to an activating group) is 1. The fourth-order valence-electron chi connectivity index (χ4n) is 1.50. The van der Waals surface area contributed by atoms with Crippen LogP contribution in [0.1, 0.15) is 19.8 Å². The number of nitrogens with zero attached hydrogens (tertiary/aromatic N) is 1. The molecule has 1 saturated heterocycles. The zero-order valence-electron chi connectivity index (χ0n) is 9.42. The lowest BCUT2D eigenvalue weighted by atomic mass is 10.1. The van der Waals surface area contributed by atoms with E-state index in [1.807, 2.05) is 0 Å². The lowest BCUT2D eigenvalue weighted by Crippen LogP contribution is -2.40. The van der Waals surface area contributed by atoms with Crippen LogP contribution >= 0.6 is 0 Å². The minimum atomic E-state index is 1.16. The molecule has 80 valence electrons. The molecule has 0 spiro atoms. The number of hydrogen-bond donors (Lipinski definition) is 1. The Morgan fingerprint density at radius 3 is 2.29 bits per heavy atom. The van der Waals surface area contributed by atoms with Crippen molar-refractivity contribution in [3.05, 3.63) is 23.8 Å². The summed E-state index contributed by atoms with van der Waals surface area (Å²) < 4.78 is 0. The fourth-order valence-corrected chi connectivity index (χ4v) is 1.50. The lowest BCUT2D eigenvalue weighted by molar-refractivity contribution is 0.291. The van der Waals surface area contributed by atoms with Crippen molar-refractivity contribution < 1.29 is 0 Å². The van der Waals surface area contributed by atoms with Gasteiger partial charge in [0, 0.05) is 26.2 Å². The molecular weight excluding hydrogens is 172 g/mol. The molecular formula is C12H22N2. The van der Waals surface area contributed by atoms with E-state index < -0.39 is 0 Å². The van der Waals surface area contributed by atoms with Crippen LogP contribution < -0.4 is 5.32 Å². The first-order valence-electron chi connectivity index (χ1n) is 5.50. The van der Waals surface area contributed by atoms with Gasteiger partial charge in [0.2, 0.25) is 0 Å². The third-order valence-corrected chi connectivity index (χ3v) is 2.56. The summed E-state index contributed by atoms with van der Waals surface area (Å²) >= 11 is 0. The molecule has 1 heterocycles. The second-order valence-electron chi connectivity index (χ2n) is 4.03. The van der Waals surface area contributed by atoms with Crippen molar-refractivity contribution in [2.75, 3.05) is 33.2 Å². The maximum Gasteiger partial charge on any atom is 0.0104 e. The second kappa shape index (κ2) is 6.80. The zero-order valence-corrected chi connectivity index (χ0v) is 9.42. The molecule has 0 saturated carbocycles. The van der Waals surface area contributed by atoms with E-state index in [2.05, 4.69) is 42.4 Å². The summed E-state index contributed by atoms with van der Waals surface area (Å²) in [4.78, 5) is 2.33. The van der Waals surface area contributed by atoms with Crippen LogP contribution in [0.3, 0.4) is 0 Å². The van der Waals surface area contributed by atoms with Crippen LogP contribution in [-0.4, -0.2) is 38.1 Å². The van der Waals surface area contributed by atoms with Gasteiger partial charge in [-0.3, -0.25) is 0 Å². The molecule has 0 atom stereocenters. The summed E-state index contributed by atoms with van der Waals surface area (Å²) in [6.45, 7) is 6.91. The predicted octanol–water partition coefficient (Wildman–Crippen LogP) is 1.80. The van der Waals surface area contributed by atoms with Gasteiger partial charge in [-0.2, -0.15) is 0 Å². The molecule has 1 N–H and O–H groups in total. The highest BCUT2D eigenvalue weighted by Crippen LogP contribution is 2.08. The molecule has 0 radical (unpaired) electrons. The minimum Gasteiger partial charge on any atom is -0.314 e. The van der Waals surface area contributed by atoms with E-state index in [1.54, 1.807) is 0 Å². The SMILES string of the molecule is CC1=CC=CCC1.CN1CCNCC1. The van der Waals surface area contributed by atoms with Gasteiger partial charge in [-0.25, -0.2) is 0 Å². The summed E-state index contributed by atoms with van der Waals surface area (Å²) in [6, 6.07) is 0. The first kappa shape index (κ1) is 11.5. The van der Waals surface area contributed by atoms with Crippen LogP contribution in [0.2, 0.25) is 0 Å². The van der Waals surface area contributed by atoms with E-state index in [4.69, 9.17) is 0 Å². The molecule has 0 amide bonds. The van der Waals surface area contributed by atoms with Crippen molar-refractivity contribution in [1.82, 2.24) is 10.2 Å². The Labute approximate surface area is 87.7 Å². The van der Waals surface area contributed by atoms with E-state index in [0.29, 0.717) is 0 Å². The molecule has 0 aromatic carbocycles. The van der Waals surface area contributed by atoms with Gasteiger partial charge in [0.15, 0.2) is 0 Å². The quantitative estimate of drug-likeness (QED) is 0.632. The molecule has 1 fully saturated rings. The molecule has 1 aliphatic heterocycles. The van der Waals surface area contributed by atoms with Gasteiger partial charge >= 0.3 is 0 Å². The Hall–Kier alpha value is -0.600. The summed E-state index contributed by atoms with van der Waals surface area (Å²) in [7, 11) is 2.15. The highest BCUT2D eigenvalue weighted by atomic mass is 15.2. The monoisotopic (exact) mass is 194 g/mol. The van der Waals surface area contributed by atoms with Crippen LogP contribution in [-0.2, 0) is 0 Å². The van der Waals surface area contributed by atoms with E-state index in [1.165, 1.54) is 31.5 Å². The van der Waals surface area contributed by atoms with E-state index >= 15 is 0 Å². The van der Waals surface area contributed by atoms with E-state index in [0.717, 1.165) is 13.1 Å². The Kier molecular flexibility index (Phi) is 5.57. The first-order valence-corrected chi connectivity index (χ1v) is 5.50. The molecule has 2 nitrogen and oxygen atoms in total. The van der Waals surface area contributed by atoms with Crippen LogP contribution in [0.25, 0.3) is 0 Å². The Morgan fingerprint density at radius 2 is 2.00 bits per heavy atom. The average molecular weight is 194 g/mol. The van der Waals surface area contributed by atoms with Crippen molar-refractivity contribution in [2.45, 2.75) is 19.8 Å². The molecule has 0 aromatic heterocycles. The average Bonchev–Trinajstić information content (AvgIpc) is 2.21. The molecule has 0 aromatic rings. The van der Waals surface area contributed by atoms with E-state index in [9.17, 15) is 0 Å². The fraction of sp³-hybridized carbons (Fsp3) is 0.667. The number of hydrogen-bond acceptors (Lipinski definition) is 2. The van der Waals surface area contributed by atoms with Crippen molar-refractivity contribution >= 4 is 0 Å². The van der Waals surface area contributed by atoms with Gasteiger partial charge in [-0.15, -0.1) is 0 Å². The first-order chi connectivity index (χ1) is 6.79. The highest BCUT2D eigenvalue weighted by molar-refractivity contribution is 5.15. The van der Waals surface area contributed by atoms with Crippen LogP contribution in [0.4, 0.5) is 0 Å². The molecule has 14 heavy (non-hydrogen) atoms. The summed E-state index contributed by atoms with van der Waals surface area (Å²) in [6.07, 6.45) is 8.99. The number of allylic oxidation sites excluding steroid dienone is 4. The summed E-state index contributed by atoms with van der Waals surface area (Å²) in [5.41, 5.74) is 1.50. The largest absolute Gasteiger partial charge is 0.314 e. The topological polar surface area (TPSA) is 15.3 Å². The van der Waals surface area contributed by atoms with E-state index in [-0.39, 0.29) is 0 Å². The predicted molar refractivity (Wildman–Crippen MR) is 62.5 cm³/mol. The van der Waals surface area contributed by atoms with Crippen molar-refractivity contribution in [3.8, 4) is 0 Å². The summed E-state index contributed by atoms with van der Waals surface area (Å²) in [5, 5.41) is 3.27. The maximum atomic E-state index is 3.27. The Bertz CT molecular complexity index is 200. The van der Waals surface area contributed by atoms with Crippen molar-refractivity contribution in [2.24, 2.45) is 0 Å². The van der Waals surface area contributed by atoms with Gasteiger partial charge in [0.25, 0.3) is 0 Å². The summed E-state index contributed by atoms with van der Waals surface area (Å²) in [5.74, 6) is 0. The number of rotatable bonds is 0. The molecule has 0 bridgehead atoms. The lowest BCUT2D eigenvalue weighted by Gasteiger charge is -2.21. The smallest absolute Gasteiger partial charge is 0.0104 e. The molecule has 2 aliphatic rings.